The summed E-state index contributed by atoms with van der Waals surface area (Å²) in [6.07, 6.45) is 6.84. The minimum absolute atomic E-state index is 0.559. The molecular formula is C14H25N. The van der Waals surface area contributed by atoms with Crippen molar-refractivity contribution >= 4 is 5.71 Å². The zero-order valence-electron chi connectivity index (χ0n) is 10.7. The van der Waals surface area contributed by atoms with Gasteiger partial charge in [-0.2, -0.15) is 0 Å². The lowest BCUT2D eigenvalue weighted by Gasteiger charge is -2.17. The quantitative estimate of drug-likeness (QED) is 0.614. The molecule has 0 N–H and O–H groups in total. The van der Waals surface area contributed by atoms with Gasteiger partial charge < -0.3 is 0 Å². The average Bonchev–Trinajstić information content (AvgIpc) is 2.76. The van der Waals surface area contributed by atoms with Gasteiger partial charge in [0.05, 0.1) is 0 Å². The molecule has 0 saturated heterocycles. The lowest BCUT2D eigenvalue weighted by atomic mass is 9.89. The highest BCUT2D eigenvalue weighted by Gasteiger charge is 2.49. The predicted molar refractivity (Wildman–Crippen MR) is 66.4 cm³/mol. The SMILES string of the molecule is CCC1CCC2(C)CC2CC(C)N=C1C. The second-order valence-electron chi connectivity index (χ2n) is 6.05. The average molecular weight is 207 g/mol. The van der Waals surface area contributed by atoms with Gasteiger partial charge in [0.15, 0.2) is 0 Å². The molecule has 0 spiro atoms. The molecule has 1 heterocycles. The van der Waals surface area contributed by atoms with Gasteiger partial charge in [-0.15, -0.1) is 0 Å². The first-order valence-electron chi connectivity index (χ1n) is 6.59. The van der Waals surface area contributed by atoms with Crippen LogP contribution >= 0.6 is 0 Å². The van der Waals surface area contributed by atoms with Gasteiger partial charge >= 0.3 is 0 Å². The minimum Gasteiger partial charge on any atom is -0.291 e. The summed E-state index contributed by atoms with van der Waals surface area (Å²) in [6.45, 7) is 9.32. The van der Waals surface area contributed by atoms with Gasteiger partial charge in [0, 0.05) is 11.8 Å². The van der Waals surface area contributed by atoms with Gasteiger partial charge in [-0.05, 0) is 63.2 Å². The molecule has 1 saturated carbocycles. The second kappa shape index (κ2) is 3.92. The van der Waals surface area contributed by atoms with Crippen LogP contribution in [-0.2, 0) is 0 Å². The van der Waals surface area contributed by atoms with Crippen LogP contribution in [0.1, 0.15) is 59.8 Å². The number of nitrogens with zero attached hydrogens (tertiary/aromatic N) is 1. The summed E-state index contributed by atoms with van der Waals surface area (Å²) in [5.41, 5.74) is 2.09. The molecule has 1 heteroatoms. The molecule has 2 aliphatic rings. The van der Waals surface area contributed by atoms with E-state index >= 15 is 0 Å². The van der Waals surface area contributed by atoms with Gasteiger partial charge in [0.2, 0.25) is 0 Å². The summed E-state index contributed by atoms with van der Waals surface area (Å²) >= 11 is 0. The summed E-state index contributed by atoms with van der Waals surface area (Å²) in [5.74, 6) is 1.73. The van der Waals surface area contributed by atoms with E-state index in [2.05, 4.69) is 27.7 Å². The molecule has 0 aromatic heterocycles. The van der Waals surface area contributed by atoms with Gasteiger partial charge in [0.1, 0.15) is 0 Å². The van der Waals surface area contributed by atoms with Crippen molar-refractivity contribution in [1.29, 1.82) is 0 Å². The topological polar surface area (TPSA) is 12.4 Å². The highest BCUT2D eigenvalue weighted by atomic mass is 14.8. The van der Waals surface area contributed by atoms with Crippen molar-refractivity contribution in [3.8, 4) is 0 Å². The van der Waals surface area contributed by atoms with Crippen LogP contribution in [-0.4, -0.2) is 11.8 Å². The molecule has 4 atom stereocenters. The molecule has 0 radical (unpaired) electrons. The molecule has 1 fully saturated rings. The van der Waals surface area contributed by atoms with E-state index < -0.39 is 0 Å². The minimum atomic E-state index is 0.559. The Labute approximate surface area is 94.4 Å². The van der Waals surface area contributed by atoms with Crippen LogP contribution in [0.5, 0.6) is 0 Å². The molecule has 2 rings (SSSR count). The first kappa shape index (κ1) is 11.2. The van der Waals surface area contributed by atoms with Gasteiger partial charge in [-0.25, -0.2) is 0 Å². The van der Waals surface area contributed by atoms with Crippen molar-refractivity contribution in [2.75, 3.05) is 0 Å². The zero-order chi connectivity index (χ0) is 11.1. The maximum absolute atomic E-state index is 4.87. The maximum atomic E-state index is 4.87. The summed E-state index contributed by atoms with van der Waals surface area (Å²) in [7, 11) is 0. The van der Waals surface area contributed by atoms with Crippen molar-refractivity contribution in [1.82, 2.24) is 0 Å². The van der Waals surface area contributed by atoms with Crippen molar-refractivity contribution in [2.24, 2.45) is 22.2 Å². The van der Waals surface area contributed by atoms with E-state index in [-0.39, 0.29) is 0 Å². The molecule has 86 valence electrons. The summed E-state index contributed by atoms with van der Waals surface area (Å²) in [5, 5.41) is 0. The zero-order valence-corrected chi connectivity index (χ0v) is 10.7. The Hall–Kier alpha value is -0.330. The third-order valence-electron chi connectivity index (χ3n) is 4.74. The largest absolute Gasteiger partial charge is 0.291 e. The summed E-state index contributed by atoms with van der Waals surface area (Å²) in [4.78, 5) is 4.87. The third-order valence-corrected chi connectivity index (χ3v) is 4.74. The molecule has 1 aliphatic heterocycles. The molecule has 0 aromatic rings. The molecular weight excluding hydrogens is 182 g/mol. The Morgan fingerprint density at radius 1 is 1.47 bits per heavy atom. The van der Waals surface area contributed by atoms with Crippen LogP contribution in [0.3, 0.4) is 0 Å². The standard InChI is InChI=1S/C14H25N/c1-5-12-6-7-14(4)9-13(14)8-10(2)15-11(12)3/h10,12-13H,5-9H2,1-4H3. The molecule has 0 amide bonds. The van der Waals surface area contributed by atoms with Gasteiger partial charge in [-0.3, -0.25) is 4.99 Å². The van der Waals surface area contributed by atoms with Crippen LogP contribution < -0.4 is 0 Å². The van der Waals surface area contributed by atoms with E-state index in [4.69, 9.17) is 4.99 Å². The first-order chi connectivity index (χ1) is 7.05. The van der Waals surface area contributed by atoms with E-state index in [1.54, 1.807) is 0 Å². The van der Waals surface area contributed by atoms with Crippen molar-refractivity contribution in [2.45, 2.75) is 65.8 Å². The van der Waals surface area contributed by atoms with E-state index in [0.29, 0.717) is 11.5 Å². The molecule has 0 aromatic carbocycles. The molecule has 15 heavy (non-hydrogen) atoms. The number of rotatable bonds is 1. The third kappa shape index (κ3) is 2.26. The Balaban J connectivity index is 2.11. The lowest BCUT2D eigenvalue weighted by Crippen LogP contribution is -2.13. The molecule has 0 bridgehead atoms. The smallest absolute Gasteiger partial charge is 0.0473 e. The monoisotopic (exact) mass is 207 g/mol. The second-order valence-corrected chi connectivity index (χ2v) is 6.05. The van der Waals surface area contributed by atoms with E-state index in [0.717, 1.165) is 11.8 Å². The fourth-order valence-electron chi connectivity index (χ4n) is 3.31. The molecule has 1 aliphatic carbocycles. The van der Waals surface area contributed by atoms with Crippen LogP contribution in [0.15, 0.2) is 4.99 Å². The van der Waals surface area contributed by atoms with E-state index in [1.165, 1.54) is 37.8 Å². The van der Waals surface area contributed by atoms with E-state index in [1.807, 2.05) is 0 Å². The van der Waals surface area contributed by atoms with Crippen molar-refractivity contribution in [3.63, 3.8) is 0 Å². The van der Waals surface area contributed by atoms with Crippen molar-refractivity contribution in [3.05, 3.63) is 0 Å². The number of hydrogen-bond donors (Lipinski definition) is 0. The first-order valence-corrected chi connectivity index (χ1v) is 6.59. The van der Waals surface area contributed by atoms with Crippen LogP contribution in [0.25, 0.3) is 0 Å². The Morgan fingerprint density at radius 2 is 2.20 bits per heavy atom. The normalized spacial score (nSPS) is 45.9. The fourth-order valence-corrected chi connectivity index (χ4v) is 3.31. The lowest BCUT2D eigenvalue weighted by molar-refractivity contribution is 0.402. The molecule has 1 nitrogen and oxygen atoms in total. The predicted octanol–water partition coefficient (Wildman–Crippen LogP) is 4.07. The van der Waals surface area contributed by atoms with Crippen LogP contribution in [0, 0.1) is 17.3 Å². The number of aliphatic imine (C=N–C) groups is 1. The van der Waals surface area contributed by atoms with Crippen LogP contribution in [0.2, 0.25) is 0 Å². The Kier molecular flexibility index (Phi) is 2.92. The maximum Gasteiger partial charge on any atom is 0.0473 e. The van der Waals surface area contributed by atoms with E-state index in [9.17, 15) is 0 Å². The summed E-state index contributed by atoms with van der Waals surface area (Å²) < 4.78 is 0. The summed E-state index contributed by atoms with van der Waals surface area (Å²) in [6, 6.07) is 0.559. The Bertz CT molecular complexity index is 269. The Morgan fingerprint density at radius 3 is 2.87 bits per heavy atom. The van der Waals surface area contributed by atoms with Crippen LogP contribution in [0.4, 0.5) is 0 Å². The number of fused-ring (bicyclic) bond motifs is 1. The fraction of sp³-hybridized carbons (Fsp3) is 0.929. The van der Waals surface area contributed by atoms with Gasteiger partial charge in [0.25, 0.3) is 0 Å². The van der Waals surface area contributed by atoms with Crippen molar-refractivity contribution < 1.29 is 0 Å². The highest BCUT2D eigenvalue weighted by molar-refractivity contribution is 5.84. The highest BCUT2D eigenvalue weighted by Crippen LogP contribution is 2.58. The molecule has 4 unspecified atom stereocenters. The number of hydrogen-bond acceptors (Lipinski definition) is 1. The van der Waals surface area contributed by atoms with Gasteiger partial charge in [-0.1, -0.05) is 13.8 Å².